The summed E-state index contributed by atoms with van der Waals surface area (Å²) in [6, 6.07) is 1.52. The summed E-state index contributed by atoms with van der Waals surface area (Å²) in [5.74, 6) is 0.0421. The van der Waals surface area contributed by atoms with Crippen molar-refractivity contribution in [2.75, 3.05) is 0 Å². The van der Waals surface area contributed by atoms with Crippen molar-refractivity contribution in [3.05, 3.63) is 26.1 Å². The monoisotopic (exact) mass is 254 g/mol. The van der Waals surface area contributed by atoms with E-state index in [-0.39, 0.29) is 10.8 Å². The first-order valence-electron chi connectivity index (χ1n) is 2.87. The van der Waals surface area contributed by atoms with Gasteiger partial charge in [0.25, 0.3) is 0 Å². The van der Waals surface area contributed by atoms with Crippen molar-refractivity contribution in [2.45, 2.75) is 6.92 Å². The lowest BCUT2D eigenvalue weighted by molar-refractivity contribution is 0.475. The fourth-order valence-electron chi connectivity index (χ4n) is 0.714. The molecule has 0 radical (unpaired) electrons. The number of phenolic OH excluding ortho intramolecular Hbond substituents is 1. The molecule has 0 aromatic heterocycles. The number of benzene rings is 1. The van der Waals surface area contributed by atoms with Gasteiger partial charge in [0.2, 0.25) is 0 Å². The van der Waals surface area contributed by atoms with Crippen LogP contribution in [0, 0.1) is 6.92 Å². The Balaban J connectivity index is 3.46. The van der Waals surface area contributed by atoms with Crippen LogP contribution in [0.15, 0.2) is 10.5 Å². The third-order valence-electron chi connectivity index (χ3n) is 1.31. The highest BCUT2D eigenvalue weighted by Crippen LogP contribution is 2.38. The minimum atomic E-state index is 0.0421. The Hall–Kier alpha value is 0.0800. The van der Waals surface area contributed by atoms with E-state index in [2.05, 4.69) is 15.9 Å². The zero-order chi connectivity index (χ0) is 8.59. The molecule has 60 valence electrons. The van der Waals surface area contributed by atoms with E-state index in [0.717, 1.165) is 5.56 Å². The van der Waals surface area contributed by atoms with Gasteiger partial charge >= 0.3 is 0 Å². The van der Waals surface area contributed by atoms with Crippen molar-refractivity contribution in [1.82, 2.24) is 0 Å². The average Bonchev–Trinajstić information content (AvgIpc) is 1.97. The molecule has 1 aromatic rings. The normalized spacial score (nSPS) is 10.2. The highest BCUT2D eigenvalue weighted by atomic mass is 79.9. The van der Waals surface area contributed by atoms with Crippen molar-refractivity contribution >= 4 is 39.1 Å². The third kappa shape index (κ3) is 1.63. The Kier molecular flexibility index (Phi) is 2.68. The van der Waals surface area contributed by atoms with Gasteiger partial charge in [-0.25, -0.2) is 0 Å². The minimum Gasteiger partial charge on any atom is -0.506 e. The summed E-state index contributed by atoms with van der Waals surface area (Å²) < 4.78 is 0.540. The molecule has 0 heterocycles. The van der Waals surface area contributed by atoms with Crippen LogP contribution in [-0.4, -0.2) is 5.11 Å². The first kappa shape index (κ1) is 9.17. The fourth-order valence-corrected chi connectivity index (χ4v) is 1.58. The van der Waals surface area contributed by atoms with Gasteiger partial charge in [-0.3, -0.25) is 0 Å². The number of phenols is 1. The lowest BCUT2D eigenvalue weighted by Crippen LogP contribution is -1.79. The van der Waals surface area contributed by atoms with Crippen LogP contribution in [0.2, 0.25) is 10.0 Å². The molecule has 4 heteroatoms. The summed E-state index contributed by atoms with van der Waals surface area (Å²) in [6.45, 7) is 1.79. The summed E-state index contributed by atoms with van der Waals surface area (Å²) >= 11 is 14.6. The average molecular weight is 256 g/mol. The van der Waals surface area contributed by atoms with E-state index in [9.17, 15) is 5.11 Å². The Morgan fingerprint density at radius 1 is 1.36 bits per heavy atom. The van der Waals surface area contributed by atoms with Crippen LogP contribution in [-0.2, 0) is 0 Å². The molecule has 0 unspecified atom stereocenters. The Bertz CT molecular complexity index is 273. The van der Waals surface area contributed by atoms with Crippen LogP contribution in [0.25, 0.3) is 0 Å². The summed E-state index contributed by atoms with van der Waals surface area (Å²) in [6.07, 6.45) is 0. The van der Waals surface area contributed by atoms with Gasteiger partial charge < -0.3 is 5.11 Å². The van der Waals surface area contributed by atoms with Gasteiger partial charge in [0.1, 0.15) is 5.75 Å². The zero-order valence-electron chi connectivity index (χ0n) is 5.66. The van der Waals surface area contributed by atoms with E-state index in [4.69, 9.17) is 23.2 Å². The smallest absolute Gasteiger partial charge is 0.135 e. The van der Waals surface area contributed by atoms with Gasteiger partial charge in [-0.1, -0.05) is 23.2 Å². The Morgan fingerprint density at radius 3 is 2.45 bits per heavy atom. The quantitative estimate of drug-likeness (QED) is 0.700. The van der Waals surface area contributed by atoms with E-state index in [1.165, 1.54) is 6.07 Å². The summed E-state index contributed by atoms with van der Waals surface area (Å²) in [5, 5.41) is 9.97. The minimum absolute atomic E-state index is 0.0421. The van der Waals surface area contributed by atoms with E-state index in [0.29, 0.717) is 9.50 Å². The van der Waals surface area contributed by atoms with Crippen molar-refractivity contribution in [2.24, 2.45) is 0 Å². The molecule has 1 nitrogen and oxygen atoms in total. The van der Waals surface area contributed by atoms with Crippen LogP contribution in [0.5, 0.6) is 5.75 Å². The van der Waals surface area contributed by atoms with Gasteiger partial charge in [0.05, 0.1) is 14.5 Å². The molecule has 0 aliphatic heterocycles. The lowest BCUT2D eigenvalue weighted by Gasteiger charge is -2.04. The Labute approximate surface area is 83.1 Å². The molecule has 1 N–H and O–H groups in total. The number of halogens is 3. The molecule has 0 bridgehead atoms. The first-order chi connectivity index (χ1) is 5.04. The molecular formula is C7H5BrCl2O. The number of rotatable bonds is 0. The summed E-state index contributed by atoms with van der Waals surface area (Å²) in [5.41, 5.74) is 0.792. The number of hydrogen-bond acceptors (Lipinski definition) is 1. The maximum absolute atomic E-state index is 9.18. The van der Waals surface area contributed by atoms with Crippen LogP contribution >= 0.6 is 39.1 Å². The van der Waals surface area contributed by atoms with Crippen LogP contribution < -0.4 is 0 Å². The predicted molar refractivity (Wildman–Crippen MR) is 50.6 cm³/mol. The largest absolute Gasteiger partial charge is 0.506 e. The number of aromatic hydroxyl groups is 1. The molecule has 0 aliphatic rings. The van der Waals surface area contributed by atoms with E-state index in [1.807, 2.05) is 0 Å². The Morgan fingerprint density at radius 2 is 1.91 bits per heavy atom. The van der Waals surface area contributed by atoms with E-state index < -0.39 is 0 Å². The van der Waals surface area contributed by atoms with Gasteiger partial charge in [0.15, 0.2) is 0 Å². The number of hydrogen-bond donors (Lipinski definition) is 1. The zero-order valence-corrected chi connectivity index (χ0v) is 8.76. The van der Waals surface area contributed by atoms with Gasteiger partial charge in [-0.2, -0.15) is 0 Å². The fraction of sp³-hybridized carbons (Fsp3) is 0.143. The van der Waals surface area contributed by atoms with Crippen LogP contribution in [0.3, 0.4) is 0 Å². The number of aryl methyl sites for hydroxylation is 1. The second kappa shape index (κ2) is 3.21. The van der Waals surface area contributed by atoms with E-state index in [1.54, 1.807) is 6.92 Å². The van der Waals surface area contributed by atoms with Gasteiger partial charge in [-0.15, -0.1) is 0 Å². The molecular weight excluding hydrogens is 251 g/mol. The maximum atomic E-state index is 9.18. The second-order valence-corrected chi connectivity index (χ2v) is 3.70. The maximum Gasteiger partial charge on any atom is 0.135 e. The SMILES string of the molecule is Cc1cc(O)c(Cl)c(Br)c1Cl. The summed E-state index contributed by atoms with van der Waals surface area (Å²) in [7, 11) is 0. The molecule has 11 heavy (non-hydrogen) atoms. The molecule has 0 spiro atoms. The second-order valence-electron chi connectivity index (χ2n) is 2.15. The molecule has 0 saturated heterocycles. The summed E-state index contributed by atoms with van der Waals surface area (Å²) in [4.78, 5) is 0. The highest BCUT2D eigenvalue weighted by Gasteiger charge is 2.09. The molecule has 0 saturated carbocycles. The van der Waals surface area contributed by atoms with Crippen molar-refractivity contribution < 1.29 is 5.11 Å². The van der Waals surface area contributed by atoms with Crippen molar-refractivity contribution in [3.63, 3.8) is 0 Å². The third-order valence-corrected chi connectivity index (χ3v) is 3.43. The standard InChI is InChI=1S/C7H5BrCl2O/c1-3-2-4(11)7(10)5(8)6(3)9/h2,11H,1H3. The molecule has 0 fully saturated rings. The highest BCUT2D eigenvalue weighted by molar-refractivity contribution is 9.10. The van der Waals surface area contributed by atoms with Crippen molar-refractivity contribution in [3.8, 4) is 5.75 Å². The topological polar surface area (TPSA) is 20.2 Å². The van der Waals surface area contributed by atoms with Crippen LogP contribution in [0.1, 0.15) is 5.56 Å². The first-order valence-corrected chi connectivity index (χ1v) is 4.42. The molecule has 0 atom stereocenters. The molecule has 0 amide bonds. The molecule has 0 aliphatic carbocycles. The van der Waals surface area contributed by atoms with E-state index >= 15 is 0 Å². The predicted octanol–water partition coefficient (Wildman–Crippen LogP) is 3.77. The molecule has 1 aromatic carbocycles. The van der Waals surface area contributed by atoms with Crippen molar-refractivity contribution in [1.29, 1.82) is 0 Å². The van der Waals surface area contributed by atoms with Gasteiger partial charge in [0, 0.05) is 0 Å². The van der Waals surface area contributed by atoms with Gasteiger partial charge in [-0.05, 0) is 34.5 Å². The molecule has 1 rings (SSSR count). The van der Waals surface area contributed by atoms with Crippen LogP contribution in [0.4, 0.5) is 0 Å². The lowest BCUT2D eigenvalue weighted by atomic mass is 10.2.